The van der Waals surface area contributed by atoms with Gasteiger partial charge in [-0.05, 0) is 62.5 Å². The zero-order valence-electron chi connectivity index (χ0n) is 12.3. The molecule has 1 fully saturated rings. The molecule has 0 amide bonds. The molecule has 1 aromatic carbocycles. The number of hydrogen-bond donors (Lipinski definition) is 1. The lowest BCUT2D eigenvalue weighted by atomic mass is 9.69. The zero-order chi connectivity index (χ0) is 13.3. The van der Waals surface area contributed by atoms with E-state index >= 15 is 0 Å². The highest BCUT2D eigenvalue weighted by Crippen LogP contribution is 2.41. The van der Waals surface area contributed by atoms with Crippen molar-refractivity contribution >= 4 is 0 Å². The number of rotatable bonds is 2. The first kappa shape index (κ1) is 13.6. The van der Waals surface area contributed by atoms with Gasteiger partial charge in [-0.15, -0.1) is 0 Å². The predicted molar refractivity (Wildman–Crippen MR) is 78.6 cm³/mol. The Balaban J connectivity index is 2.20. The maximum Gasteiger partial charge on any atom is 0.0412 e. The number of hydrogen-bond acceptors (Lipinski definition) is 1. The molecule has 0 unspecified atom stereocenters. The van der Waals surface area contributed by atoms with Crippen molar-refractivity contribution in [2.75, 3.05) is 0 Å². The summed E-state index contributed by atoms with van der Waals surface area (Å²) in [5.74, 6) is 1.67. The lowest BCUT2D eigenvalue weighted by Gasteiger charge is -2.40. The van der Waals surface area contributed by atoms with Crippen LogP contribution in [0.25, 0.3) is 0 Å². The van der Waals surface area contributed by atoms with Crippen molar-refractivity contribution in [2.24, 2.45) is 17.6 Å². The van der Waals surface area contributed by atoms with Crippen LogP contribution in [0.3, 0.4) is 0 Å². The second-order valence-electron chi connectivity index (χ2n) is 6.56. The summed E-state index contributed by atoms with van der Waals surface area (Å²) in [6, 6.07) is 6.70. The lowest BCUT2D eigenvalue weighted by Crippen LogP contribution is -2.41. The third-order valence-corrected chi connectivity index (χ3v) is 4.79. The Morgan fingerprint density at radius 3 is 2.33 bits per heavy atom. The third kappa shape index (κ3) is 2.61. The first-order valence-corrected chi connectivity index (χ1v) is 7.29. The second kappa shape index (κ2) is 5.05. The van der Waals surface area contributed by atoms with Gasteiger partial charge in [-0.3, -0.25) is 0 Å². The summed E-state index contributed by atoms with van der Waals surface area (Å²) in [6.45, 7) is 9.03. The molecule has 2 N–H and O–H groups in total. The van der Waals surface area contributed by atoms with Crippen LogP contribution in [0.15, 0.2) is 18.2 Å². The monoisotopic (exact) mass is 245 g/mol. The van der Waals surface area contributed by atoms with Crippen LogP contribution in [0.4, 0.5) is 0 Å². The van der Waals surface area contributed by atoms with Crippen molar-refractivity contribution in [3.63, 3.8) is 0 Å². The van der Waals surface area contributed by atoms with Gasteiger partial charge in [0.2, 0.25) is 0 Å². The molecule has 1 aliphatic carbocycles. The highest BCUT2D eigenvalue weighted by Gasteiger charge is 2.34. The van der Waals surface area contributed by atoms with Crippen molar-refractivity contribution in [3.8, 4) is 0 Å². The van der Waals surface area contributed by atoms with E-state index in [-0.39, 0.29) is 5.54 Å². The Morgan fingerprint density at radius 2 is 1.78 bits per heavy atom. The number of aryl methyl sites for hydroxylation is 2. The minimum absolute atomic E-state index is 0.0819. The van der Waals surface area contributed by atoms with E-state index in [0.717, 1.165) is 24.7 Å². The Labute approximate surface area is 112 Å². The van der Waals surface area contributed by atoms with Crippen molar-refractivity contribution < 1.29 is 0 Å². The molecule has 2 rings (SSSR count). The smallest absolute Gasteiger partial charge is 0.0412 e. The van der Waals surface area contributed by atoms with Crippen LogP contribution >= 0.6 is 0 Å². The summed E-state index contributed by atoms with van der Waals surface area (Å²) in [6.07, 6.45) is 4.84. The standard InChI is InChI=1S/C17H27N/c1-12(2)15-7-9-17(18,10-8-15)16-11-13(3)5-6-14(16)4/h5-6,11-12,15H,7-10,18H2,1-4H3. The molecule has 0 aliphatic heterocycles. The van der Waals surface area contributed by atoms with E-state index in [1.54, 1.807) is 0 Å². The molecule has 1 nitrogen and oxygen atoms in total. The molecule has 0 atom stereocenters. The van der Waals surface area contributed by atoms with Gasteiger partial charge in [-0.1, -0.05) is 37.6 Å². The average molecular weight is 245 g/mol. The quantitative estimate of drug-likeness (QED) is 0.826. The molecule has 1 heteroatoms. The minimum atomic E-state index is -0.0819. The molecule has 0 bridgehead atoms. The third-order valence-electron chi connectivity index (χ3n) is 4.79. The summed E-state index contributed by atoms with van der Waals surface area (Å²) >= 11 is 0. The fourth-order valence-corrected chi connectivity index (χ4v) is 3.36. The van der Waals surface area contributed by atoms with Gasteiger partial charge in [0.1, 0.15) is 0 Å². The first-order chi connectivity index (χ1) is 8.42. The van der Waals surface area contributed by atoms with E-state index in [0.29, 0.717) is 0 Å². The largest absolute Gasteiger partial charge is 0.321 e. The molecule has 1 saturated carbocycles. The second-order valence-corrected chi connectivity index (χ2v) is 6.56. The van der Waals surface area contributed by atoms with Crippen LogP contribution in [-0.4, -0.2) is 0 Å². The number of benzene rings is 1. The fraction of sp³-hybridized carbons (Fsp3) is 0.647. The van der Waals surface area contributed by atoms with Crippen LogP contribution in [-0.2, 0) is 5.54 Å². The van der Waals surface area contributed by atoms with Crippen LogP contribution in [0, 0.1) is 25.7 Å². The van der Waals surface area contributed by atoms with Crippen molar-refractivity contribution in [1.82, 2.24) is 0 Å². The zero-order valence-corrected chi connectivity index (χ0v) is 12.3. The molecule has 18 heavy (non-hydrogen) atoms. The molecular weight excluding hydrogens is 218 g/mol. The predicted octanol–water partition coefficient (Wildman–Crippen LogP) is 4.30. The van der Waals surface area contributed by atoms with E-state index in [9.17, 15) is 0 Å². The van der Waals surface area contributed by atoms with Gasteiger partial charge in [0.25, 0.3) is 0 Å². The molecule has 0 radical (unpaired) electrons. The molecular formula is C17H27N. The van der Waals surface area contributed by atoms with Gasteiger partial charge in [0.15, 0.2) is 0 Å². The van der Waals surface area contributed by atoms with Crippen LogP contribution in [0.2, 0.25) is 0 Å². The first-order valence-electron chi connectivity index (χ1n) is 7.29. The highest BCUT2D eigenvalue weighted by atomic mass is 14.8. The fourth-order valence-electron chi connectivity index (χ4n) is 3.36. The maximum absolute atomic E-state index is 6.71. The Kier molecular flexibility index (Phi) is 3.82. The molecule has 0 heterocycles. The molecule has 0 spiro atoms. The van der Waals surface area contributed by atoms with Gasteiger partial charge in [0.05, 0.1) is 0 Å². The average Bonchev–Trinajstić information content (AvgIpc) is 2.32. The van der Waals surface area contributed by atoms with E-state index in [2.05, 4.69) is 45.9 Å². The Bertz CT molecular complexity index is 412. The maximum atomic E-state index is 6.71. The van der Waals surface area contributed by atoms with E-state index < -0.39 is 0 Å². The van der Waals surface area contributed by atoms with Crippen LogP contribution in [0.5, 0.6) is 0 Å². The van der Waals surface area contributed by atoms with Crippen LogP contribution in [0.1, 0.15) is 56.2 Å². The molecule has 1 aliphatic rings. The van der Waals surface area contributed by atoms with Crippen molar-refractivity contribution in [3.05, 3.63) is 34.9 Å². The number of nitrogens with two attached hydrogens (primary N) is 1. The molecule has 0 aromatic heterocycles. The lowest BCUT2D eigenvalue weighted by molar-refractivity contribution is 0.195. The summed E-state index contributed by atoms with van der Waals surface area (Å²) in [5.41, 5.74) is 10.7. The van der Waals surface area contributed by atoms with E-state index in [1.165, 1.54) is 29.5 Å². The van der Waals surface area contributed by atoms with Crippen molar-refractivity contribution in [2.45, 2.75) is 58.9 Å². The summed E-state index contributed by atoms with van der Waals surface area (Å²) in [7, 11) is 0. The van der Waals surface area contributed by atoms with Gasteiger partial charge in [-0.25, -0.2) is 0 Å². The van der Waals surface area contributed by atoms with Gasteiger partial charge in [-0.2, -0.15) is 0 Å². The topological polar surface area (TPSA) is 26.0 Å². The minimum Gasteiger partial charge on any atom is -0.321 e. The van der Waals surface area contributed by atoms with E-state index in [4.69, 9.17) is 5.73 Å². The van der Waals surface area contributed by atoms with E-state index in [1.807, 2.05) is 0 Å². The molecule has 0 saturated heterocycles. The van der Waals surface area contributed by atoms with Gasteiger partial charge >= 0.3 is 0 Å². The summed E-state index contributed by atoms with van der Waals surface area (Å²) in [4.78, 5) is 0. The van der Waals surface area contributed by atoms with Gasteiger partial charge in [0, 0.05) is 5.54 Å². The van der Waals surface area contributed by atoms with Crippen LogP contribution < -0.4 is 5.73 Å². The molecule has 100 valence electrons. The highest BCUT2D eigenvalue weighted by molar-refractivity contribution is 5.36. The molecule has 1 aromatic rings. The normalized spacial score (nSPS) is 28.7. The summed E-state index contributed by atoms with van der Waals surface area (Å²) < 4.78 is 0. The van der Waals surface area contributed by atoms with Gasteiger partial charge < -0.3 is 5.73 Å². The Hall–Kier alpha value is -0.820. The Morgan fingerprint density at radius 1 is 1.17 bits per heavy atom. The van der Waals surface area contributed by atoms with Crippen molar-refractivity contribution in [1.29, 1.82) is 0 Å². The SMILES string of the molecule is Cc1ccc(C)c(C2(N)CCC(C(C)C)CC2)c1. The summed E-state index contributed by atoms with van der Waals surface area (Å²) in [5, 5.41) is 0.